The van der Waals surface area contributed by atoms with Crippen LogP contribution in [0.4, 0.5) is 17.8 Å². The SMILES string of the molecule is CCCCO.C[Si](C)(C)Nc1nc(N[Si](C)(C)C)nc(N[Si](C)(C)C)n1. The summed E-state index contributed by atoms with van der Waals surface area (Å²) in [5, 5.41) is 8.07. The van der Waals surface area contributed by atoms with Gasteiger partial charge in [0.05, 0.1) is 0 Å². The van der Waals surface area contributed by atoms with Gasteiger partial charge in [-0.05, 0) is 6.42 Å². The lowest BCUT2D eigenvalue weighted by Gasteiger charge is -2.23. The monoisotopic (exact) mass is 416 g/mol. The van der Waals surface area contributed by atoms with Crippen molar-refractivity contribution < 1.29 is 5.11 Å². The number of unbranched alkanes of at least 4 members (excludes halogenated alkanes) is 1. The molecule has 0 amide bonds. The summed E-state index contributed by atoms with van der Waals surface area (Å²) in [7, 11) is -4.49. The summed E-state index contributed by atoms with van der Waals surface area (Å²) in [6.45, 7) is 22.5. The van der Waals surface area contributed by atoms with Gasteiger partial charge in [-0.2, -0.15) is 15.0 Å². The Hall–Kier alpha value is -0.979. The molecule has 0 aromatic carbocycles. The largest absolute Gasteiger partial charge is 0.396 e. The van der Waals surface area contributed by atoms with Gasteiger partial charge in [0.15, 0.2) is 0 Å². The fraction of sp³-hybridized carbons (Fsp3) is 0.812. The minimum absolute atomic E-state index is 0.344. The first-order chi connectivity index (χ1) is 11.6. The minimum Gasteiger partial charge on any atom is -0.396 e. The number of rotatable bonds is 8. The number of hydrogen-bond donors (Lipinski definition) is 4. The van der Waals surface area contributed by atoms with Crippen LogP contribution in [-0.4, -0.2) is 51.4 Å². The van der Waals surface area contributed by atoms with Gasteiger partial charge in [0.25, 0.3) is 0 Å². The molecule has 152 valence electrons. The smallest absolute Gasteiger partial charge is 0.221 e. The fourth-order valence-electron chi connectivity index (χ4n) is 1.71. The molecular formula is C16H40N6OSi3. The third kappa shape index (κ3) is 14.2. The zero-order valence-corrected chi connectivity index (χ0v) is 21.4. The molecular weight excluding hydrogens is 376 g/mol. The molecule has 0 spiro atoms. The summed E-state index contributed by atoms with van der Waals surface area (Å²) < 4.78 is 0. The summed E-state index contributed by atoms with van der Waals surface area (Å²) in [6.07, 6.45) is 2.04. The Labute approximate surface area is 163 Å². The molecule has 0 aliphatic heterocycles. The number of nitrogens with one attached hydrogen (secondary N) is 3. The molecule has 4 N–H and O–H groups in total. The van der Waals surface area contributed by atoms with Gasteiger partial charge in [-0.25, -0.2) is 0 Å². The normalized spacial score (nSPS) is 12.1. The molecule has 0 bridgehead atoms. The van der Waals surface area contributed by atoms with Crippen LogP contribution in [0.1, 0.15) is 19.8 Å². The van der Waals surface area contributed by atoms with Crippen molar-refractivity contribution in [1.29, 1.82) is 0 Å². The lowest BCUT2D eigenvalue weighted by molar-refractivity contribution is 0.287. The highest BCUT2D eigenvalue weighted by atomic mass is 28.3. The van der Waals surface area contributed by atoms with E-state index in [9.17, 15) is 0 Å². The fourth-order valence-corrected chi connectivity index (χ4v) is 4.06. The summed E-state index contributed by atoms with van der Waals surface area (Å²) in [5.74, 6) is 2.02. The number of anilines is 3. The predicted molar refractivity (Wildman–Crippen MR) is 123 cm³/mol. The van der Waals surface area contributed by atoms with Crippen LogP contribution < -0.4 is 14.9 Å². The van der Waals surface area contributed by atoms with Crippen LogP contribution in [0.15, 0.2) is 0 Å². The molecule has 1 rings (SSSR count). The second-order valence-electron chi connectivity index (χ2n) is 9.51. The molecule has 0 radical (unpaired) electrons. The van der Waals surface area contributed by atoms with Gasteiger partial charge in [-0.15, -0.1) is 0 Å². The van der Waals surface area contributed by atoms with E-state index in [0.29, 0.717) is 24.5 Å². The maximum absolute atomic E-state index is 8.07. The summed E-state index contributed by atoms with van der Waals surface area (Å²) in [6, 6.07) is 0. The first-order valence-electron chi connectivity index (χ1n) is 9.36. The van der Waals surface area contributed by atoms with Crippen molar-refractivity contribution in [2.45, 2.75) is 78.7 Å². The van der Waals surface area contributed by atoms with Crippen LogP contribution in [0, 0.1) is 0 Å². The van der Waals surface area contributed by atoms with Crippen molar-refractivity contribution in [2.75, 3.05) is 21.6 Å². The van der Waals surface area contributed by atoms with Crippen molar-refractivity contribution >= 4 is 42.6 Å². The molecule has 1 aromatic rings. The van der Waals surface area contributed by atoms with E-state index in [0.717, 1.165) is 12.8 Å². The first kappa shape index (κ1) is 25.0. The van der Waals surface area contributed by atoms with Crippen LogP contribution >= 0.6 is 0 Å². The molecule has 0 fully saturated rings. The molecule has 0 aliphatic rings. The molecule has 0 unspecified atom stereocenters. The molecule has 0 atom stereocenters. The van der Waals surface area contributed by atoms with Crippen molar-refractivity contribution in [3.05, 3.63) is 0 Å². The van der Waals surface area contributed by atoms with Crippen molar-refractivity contribution in [2.24, 2.45) is 0 Å². The first-order valence-corrected chi connectivity index (χ1v) is 19.9. The molecule has 0 saturated carbocycles. The predicted octanol–water partition coefficient (Wildman–Crippen LogP) is 4.39. The number of hydrogen-bond acceptors (Lipinski definition) is 7. The van der Waals surface area contributed by atoms with Crippen LogP contribution in [0.25, 0.3) is 0 Å². The Morgan fingerprint density at radius 2 is 0.923 bits per heavy atom. The second kappa shape index (κ2) is 10.4. The van der Waals surface area contributed by atoms with Crippen LogP contribution in [0.5, 0.6) is 0 Å². The molecule has 1 heterocycles. The third-order valence-corrected chi connectivity index (χ3v) is 5.53. The van der Waals surface area contributed by atoms with Gasteiger partial charge in [-0.3, -0.25) is 0 Å². The van der Waals surface area contributed by atoms with E-state index >= 15 is 0 Å². The lowest BCUT2D eigenvalue weighted by Crippen LogP contribution is -2.37. The molecule has 1 aromatic heterocycles. The Kier molecular flexibility index (Phi) is 9.99. The van der Waals surface area contributed by atoms with Gasteiger partial charge in [-0.1, -0.05) is 72.3 Å². The Bertz CT molecular complexity index is 452. The van der Waals surface area contributed by atoms with Crippen molar-refractivity contribution in [3.8, 4) is 0 Å². The molecule has 10 heteroatoms. The van der Waals surface area contributed by atoms with Crippen LogP contribution in [0.2, 0.25) is 58.9 Å². The zero-order chi connectivity index (χ0) is 20.6. The number of aliphatic hydroxyl groups excluding tert-OH is 1. The van der Waals surface area contributed by atoms with Gasteiger partial charge >= 0.3 is 0 Å². The minimum atomic E-state index is -1.50. The van der Waals surface area contributed by atoms with E-state index in [2.05, 4.69) is 95.7 Å². The van der Waals surface area contributed by atoms with Gasteiger partial charge in [0.2, 0.25) is 17.8 Å². The highest BCUT2D eigenvalue weighted by Crippen LogP contribution is 2.16. The maximum atomic E-state index is 8.07. The second-order valence-corrected chi connectivity index (χ2v) is 23.8. The molecule has 0 aliphatic carbocycles. The Morgan fingerprint density at radius 1 is 0.654 bits per heavy atom. The summed E-state index contributed by atoms with van der Waals surface area (Å²) >= 11 is 0. The van der Waals surface area contributed by atoms with E-state index in [-0.39, 0.29) is 0 Å². The quantitative estimate of drug-likeness (QED) is 0.467. The van der Waals surface area contributed by atoms with Gasteiger partial charge in [0.1, 0.15) is 24.7 Å². The highest BCUT2D eigenvalue weighted by Gasteiger charge is 2.21. The van der Waals surface area contributed by atoms with Gasteiger partial charge in [0, 0.05) is 6.61 Å². The van der Waals surface area contributed by atoms with E-state index < -0.39 is 24.7 Å². The van der Waals surface area contributed by atoms with E-state index in [1.54, 1.807) is 0 Å². The van der Waals surface area contributed by atoms with E-state index in [1.165, 1.54) is 0 Å². The van der Waals surface area contributed by atoms with E-state index in [4.69, 9.17) is 5.11 Å². The average molecular weight is 417 g/mol. The molecule has 26 heavy (non-hydrogen) atoms. The topological polar surface area (TPSA) is 95.0 Å². The molecule has 0 saturated heterocycles. The zero-order valence-electron chi connectivity index (χ0n) is 18.4. The standard InChI is InChI=1S/C12H30N6Si3.C4H10O/c1-19(2,3)16-10-13-11(17-20(4,5)6)15-12(14-10)18-21(7,8)9;1-2-3-4-5/h1-9H3,(H3,13,14,15,16,17,18);5H,2-4H2,1H3. The van der Waals surface area contributed by atoms with Crippen LogP contribution in [0.3, 0.4) is 0 Å². The summed E-state index contributed by atoms with van der Waals surface area (Å²) in [5.41, 5.74) is 0. The van der Waals surface area contributed by atoms with Crippen molar-refractivity contribution in [3.63, 3.8) is 0 Å². The average Bonchev–Trinajstić information content (AvgIpc) is 2.33. The van der Waals surface area contributed by atoms with Crippen molar-refractivity contribution in [1.82, 2.24) is 15.0 Å². The summed E-state index contributed by atoms with van der Waals surface area (Å²) in [4.78, 5) is 24.0. The lowest BCUT2D eigenvalue weighted by atomic mass is 10.4. The highest BCUT2D eigenvalue weighted by molar-refractivity contribution is 6.80. The van der Waals surface area contributed by atoms with Crippen LogP contribution in [-0.2, 0) is 0 Å². The van der Waals surface area contributed by atoms with Gasteiger partial charge < -0.3 is 20.1 Å². The maximum Gasteiger partial charge on any atom is 0.221 e. The molecule has 7 nitrogen and oxygen atoms in total. The number of aromatic nitrogens is 3. The van der Waals surface area contributed by atoms with E-state index in [1.807, 2.05) is 0 Å². The number of nitrogens with zero attached hydrogens (tertiary/aromatic N) is 3. The number of aliphatic hydroxyl groups is 1. The third-order valence-electron chi connectivity index (χ3n) is 2.61. The Morgan fingerprint density at radius 3 is 1.04 bits per heavy atom. The Balaban J connectivity index is 0.00000110.